The number of nitrogens with one attached hydrogen (secondary N) is 4. The summed E-state index contributed by atoms with van der Waals surface area (Å²) < 4.78 is 33.9. The van der Waals surface area contributed by atoms with Crippen LogP contribution in [0.2, 0.25) is 10.2 Å². The first-order chi connectivity index (χ1) is 20.2. The molecule has 0 radical (unpaired) electrons. The van der Waals surface area contributed by atoms with Gasteiger partial charge in [0, 0.05) is 29.8 Å². The average Bonchev–Trinajstić information content (AvgIpc) is 3.34. The molecule has 1 fully saturated rings. The number of methoxy groups -OCH3 is 1. The lowest BCUT2D eigenvalue weighted by Gasteiger charge is -2.37. The molecule has 0 unspecified atom stereocenters. The Balaban J connectivity index is 1.48. The highest BCUT2D eigenvalue weighted by molar-refractivity contribution is 6.32. The number of imidazole rings is 1. The molecule has 0 spiro atoms. The maximum atomic E-state index is 14.7. The van der Waals surface area contributed by atoms with Gasteiger partial charge in [0.15, 0.2) is 0 Å². The van der Waals surface area contributed by atoms with E-state index in [1.807, 2.05) is 12.2 Å². The molecule has 0 aliphatic carbocycles. The fourth-order valence-electron chi connectivity index (χ4n) is 5.01. The van der Waals surface area contributed by atoms with Gasteiger partial charge in [-0.3, -0.25) is 10.1 Å². The van der Waals surface area contributed by atoms with Gasteiger partial charge in [-0.25, -0.2) is 23.4 Å². The Morgan fingerprint density at radius 1 is 1.17 bits per heavy atom. The van der Waals surface area contributed by atoms with Crippen molar-refractivity contribution in [3.63, 3.8) is 0 Å². The first-order valence-electron chi connectivity index (χ1n) is 13.1. The van der Waals surface area contributed by atoms with Crippen molar-refractivity contribution in [3.05, 3.63) is 75.7 Å². The fourth-order valence-corrected chi connectivity index (χ4v) is 5.42. The molecule has 0 saturated carbocycles. The van der Waals surface area contributed by atoms with Crippen LogP contribution in [0.3, 0.4) is 0 Å². The zero-order valence-electron chi connectivity index (χ0n) is 22.3. The van der Waals surface area contributed by atoms with E-state index in [4.69, 9.17) is 28.2 Å². The molecule has 2 aliphatic rings. The lowest BCUT2D eigenvalue weighted by atomic mass is 9.99. The van der Waals surface area contributed by atoms with E-state index < -0.39 is 35.8 Å². The number of hydrogen-bond acceptors (Lipinski definition) is 5. The summed E-state index contributed by atoms with van der Waals surface area (Å²) in [7, 11) is 1.24. The number of carbonyl (C=O) groups excluding carboxylic acids is 3. The summed E-state index contributed by atoms with van der Waals surface area (Å²) in [5.41, 5.74) is 1.24. The highest BCUT2D eigenvalue weighted by Crippen LogP contribution is 2.38. The number of anilines is 2. The summed E-state index contributed by atoms with van der Waals surface area (Å²) in [6, 6.07) is 4.94. The fraction of sp³-hybridized carbons (Fsp3) is 0.286. The number of ether oxygens (including phenoxy) is 1. The molecule has 14 heteroatoms. The van der Waals surface area contributed by atoms with Gasteiger partial charge >= 0.3 is 12.1 Å². The molecule has 1 saturated heterocycles. The molecule has 220 valence electrons. The summed E-state index contributed by atoms with van der Waals surface area (Å²) in [4.78, 5) is 47.1. The van der Waals surface area contributed by atoms with E-state index in [0.717, 1.165) is 12.1 Å². The quantitative estimate of drug-likeness (QED) is 0.191. The Bertz CT molecular complexity index is 1580. The standard InChI is InChI=1S/C28H26Cl2F2N6O4/c1-42-28(41)33-14-7-8-15-19(13-14)34-21(39)6-4-2-3-5-20(26-36-24(15)25(30)37-26)38-12-11-18(35-27(38)40)22-17(31)10-9-16(29)23(22)32/h2-3,7-10,13,18,20H,4-6,11-12H2,1H3,(H,33,41)(H,34,39)(H,35,40)(H,36,37)/b3-2+/t18-,20-/m0/s1. The van der Waals surface area contributed by atoms with Crippen molar-refractivity contribution >= 4 is 52.6 Å². The van der Waals surface area contributed by atoms with E-state index in [1.54, 1.807) is 18.2 Å². The third kappa shape index (κ3) is 6.04. The number of aromatic amines is 1. The number of halogens is 4. The molecule has 2 aliphatic heterocycles. The van der Waals surface area contributed by atoms with Crippen LogP contribution in [0.25, 0.3) is 11.3 Å². The molecule has 42 heavy (non-hydrogen) atoms. The van der Waals surface area contributed by atoms with E-state index >= 15 is 0 Å². The molecular formula is C28H26Cl2F2N6O4. The van der Waals surface area contributed by atoms with Gasteiger partial charge in [0.1, 0.15) is 28.3 Å². The van der Waals surface area contributed by atoms with Crippen LogP contribution in [0.5, 0.6) is 0 Å². The number of hydrogen-bond donors (Lipinski definition) is 4. The monoisotopic (exact) mass is 618 g/mol. The number of H-pyrrole nitrogens is 1. The van der Waals surface area contributed by atoms with Gasteiger partial charge < -0.3 is 25.3 Å². The number of allylic oxidation sites excluding steroid dienone is 1. The van der Waals surface area contributed by atoms with Crippen LogP contribution in [-0.4, -0.2) is 46.6 Å². The van der Waals surface area contributed by atoms with Crippen molar-refractivity contribution in [2.45, 2.75) is 37.8 Å². The molecule has 3 heterocycles. The first-order valence-corrected chi connectivity index (χ1v) is 13.8. The van der Waals surface area contributed by atoms with Crippen LogP contribution < -0.4 is 16.0 Å². The molecule has 3 aromatic rings. The van der Waals surface area contributed by atoms with Crippen molar-refractivity contribution in [3.8, 4) is 11.3 Å². The number of fused-ring (bicyclic) bond motifs is 4. The molecule has 4 amide bonds. The smallest absolute Gasteiger partial charge is 0.411 e. The molecule has 2 aromatic carbocycles. The predicted molar refractivity (Wildman–Crippen MR) is 153 cm³/mol. The lowest BCUT2D eigenvalue weighted by molar-refractivity contribution is -0.116. The minimum atomic E-state index is -0.912. The van der Waals surface area contributed by atoms with E-state index in [1.165, 1.54) is 12.0 Å². The number of amides is 4. The van der Waals surface area contributed by atoms with Gasteiger partial charge in [-0.05, 0) is 49.6 Å². The van der Waals surface area contributed by atoms with Crippen LogP contribution in [0.4, 0.5) is 29.7 Å². The Morgan fingerprint density at radius 2 is 1.98 bits per heavy atom. The van der Waals surface area contributed by atoms with Crippen molar-refractivity contribution < 1.29 is 27.9 Å². The average molecular weight is 619 g/mol. The highest BCUT2D eigenvalue weighted by Gasteiger charge is 2.36. The number of nitrogens with zero attached hydrogens (tertiary/aromatic N) is 2. The van der Waals surface area contributed by atoms with Crippen LogP contribution in [0.1, 0.15) is 49.2 Å². The van der Waals surface area contributed by atoms with E-state index in [0.29, 0.717) is 41.3 Å². The van der Waals surface area contributed by atoms with E-state index in [-0.39, 0.29) is 41.0 Å². The predicted octanol–water partition coefficient (Wildman–Crippen LogP) is 6.72. The summed E-state index contributed by atoms with van der Waals surface area (Å²) >= 11 is 12.5. The van der Waals surface area contributed by atoms with Crippen LogP contribution in [0.15, 0.2) is 42.5 Å². The van der Waals surface area contributed by atoms with Gasteiger partial charge in [-0.15, -0.1) is 0 Å². The van der Waals surface area contributed by atoms with Crippen molar-refractivity contribution in [1.82, 2.24) is 20.2 Å². The van der Waals surface area contributed by atoms with Gasteiger partial charge in [0.2, 0.25) is 5.91 Å². The molecular weight excluding hydrogens is 593 g/mol. The van der Waals surface area contributed by atoms with Gasteiger partial charge in [0.25, 0.3) is 0 Å². The van der Waals surface area contributed by atoms with E-state index in [2.05, 4.69) is 25.7 Å². The molecule has 10 nitrogen and oxygen atoms in total. The molecule has 5 rings (SSSR count). The first kappa shape index (κ1) is 29.3. The number of urea groups is 1. The number of rotatable bonds is 3. The van der Waals surface area contributed by atoms with Gasteiger partial charge in [0.05, 0.1) is 29.9 Å². The molecule has 2 atom stereocenters. The number of benzene rings is 2. The Labute approximate surface area is 249 Å². The Morgan fingerprint density at radius 3 is 2.74 bits per heavy atom. The minimum absolute atomic E-state index is 0.160. The molecule has 2 bridgehead atoms. The molecule has 4 N–H and O–H groups in total. The summed E-state index contributed by atoms with van der Waals surface area (Å²) in [5, 5.41) is 8.04. The second-order valence-electron chi connectivity index (χ2n) is 9.71. The van der Waals surface area contributed by atoms with E-state index in [9.17, 15) is 23.2 Å². The largest absolute Gasteiger partial charge is 0.453 e. The number of aromatic nitrogens is 2. The maximum Gasteiger partial charge on any atom is 0.411 e. The third-order valence-electron chi connectivity index (χ3n) is 7.06. The van der Waals surface area contributed by atoms with Crippen LogP contribution >= 0.6 is 23.2 Å². The second kappa shape index (κ2) is 12.4. The maximum absolute atomic E-state index is 14.7. The summed E-state index contributed by atoms with van der Waals surface area (Å²) in [6.07, 6.45) is 4.13. The van der Waals surface area contributed by atoms with Crippen molar-refractivity contribution in [2.75, 3.05) is 24.3 Å². The summed E-state index contributed by atoms with van der Waals surface area (Å²) in [6.45, 7) is 0.160. The Kier molecular flexibility index (Phi) is 8.64. The number of carbonyl (C=O) groups is 3. The minimum Gasteiger partial charge on any atom is -0.453 e. The topological polar surface area (TPSA) is 128 Å². The second-order valence-corrected chi connectivity index (χ2v) is 10.5. The van der Waals surface area contributed by atoms with Crippen LogP contribution in [-0.2, 0) is 9.53 Å². The van der Waals surface area contributed by atoms with Gasteiger partial charge in [-0.1, -0.05) is 35.4 Å². The highest BCUT2D eigenvalue weighted by atomic mass is 35.5. The Hall–Kier alpha value is -4.16. The van der Waals surface area contributed by atoms with Crippen LogP contribution in [0, 0.1) is 11.6 Å². The van der Waals surface area contributed by atoms with Crippen molar-refractivity contribution in [2.24, 2.45) is 0 Å². The summed E-state index contributed by atoms with van der Waals surface area (Å²) in [5.74, 6) is -1.59. The zero-order valence-corrected chi connectivity index (χ0v) is 23.8. The van der Waals surface area contributed by atoms with Crippen molar-refractivity contribution in [1.29, 1.82) is 0 Å². The third-order valence-corrected chi connectivity index (χ3v) is 7.63. The molecule has 1 aromatic heterocycles. The van der Waals surface area contributed by atoms with Gasteiger partial charge in [-0.2, -0.15) is 0 Å². The zero-order chi connectivity index (χ0) is 30.0. The SMILES string of the molecule is COC(=O)Nc1ccc2c(c1)NC(=O)CC/C=C/C[C@H](N1CC[C@@H](c3c(F)ccc(Cl)c3F)NC1=O)c1nc-2c(Cl)[nH]1. The lowest BCUT2D eigenvalue weighted by Crippen LogP contribution is -2.49. The normalized spacial score (nSPS) is 19.8.